The normalized spacial score (nSPS) is 42.6. The van der Waals surface area contributed by atoms with Gasteiger partial charge in [-0.1, -0.05) is 0 Å². The first-order valence-electron chi connectivity index (χ1n) is 5.12. The van der Waals surface area contributed by atoms with Gasteiger partial charge in [-0.05, 0) is 19.1 Å². The van der Waals surface area contributed by atoms with Crippen molar-refractivity contribution in [1.82, 2.24) is 0 Å². The van der Waals surface area contributed by atoms with Crippen molar-refractivity contribution in [3.8, 4) is 6.07 Å². The van der Waals surface area contributed by atoms with Crippen molar-refractivity contribution < 1.29 is 9.53 Å². The lowest BCUT2D eigenvalue weighted by atomic mass is 9.91. The van der Waals surface area contributed by atoms with Gasteiger partial charge in [-0.15, -0.1) is 0 Å². The number of nitrogens with two attached hydrogens (primary N) is 1. The van der Waals surface area contributed by atoms with Gasteiger partial charge in [-0.2, -0.15) is 17.0 Å². The highest BCUT2D eigenvalue weighted by molar-refractivity contribution is 8.00. The summed E-state index contributed by atoms with van der Waals surface area (Å²) < 4.78 is 4.98. The predicted octanol–water partition coefficient (Wildman–Crippen LogP) is 0.522. The Labute approximate surface area is 93.1 Å². The topological polar surface area (TPSA) is 76.1 Å². The highest BCUT2D eigenvalue weighted by Gasteiger charge is 2.66. The Balaban J connectivity index is 2.09. The molecule has 4 nitrogen and oxygen atoms in total. The van der Waals surface area contributed by atoms with Crippen molar-refractivity contribution in [2.24, 2.45) is 17.6 Å². The van der Waals surface area contributed by atoms with E-state index in [1.807, 2.05) is 0 Å². The van der Waals surface area contributed by atoms with E-state index >= 15 is 0 Å². The maximum Gasteiger partial charge on any atom is 0.310 e. The smallest absolute Gasteiger partial charge is 0.310 e. The molecule has 0 amide bonds. The van der Waals surface area contributed by atoms with Gasteiger partial charge in [0.1, 0.15) is 5.54 Å². The number of fused-ring (bicyclic) bond motifs is 1. The summed E-state index contributed by atoms with van der Waals surface area (Å²) in [4.78, 5) is 11.6. The molecule has 0 aromatic heterocycles. The lowest BCUT2D eigenvalue weighted by molar-refractivity contribution is -0.145. The molecule has 2 fully saturated rings. The summed E-state index contributed by atoms with van der Waals surface area (Å²) >= 11 is 1.74. The van der Waals surface area contributed by atoms with E-state index < -0.39 is 5.54 Å². The number of ether oxygens (including phenoxy) is 1. The van der Waals surface area contributed by atoms with Gasteiger partial charge >= 0.3 is 5.97 Å². The number of nitriles is 1. The number of nitrogens with zero attached hydrogens (tertiary/aromatic N) is 1. The molecule has 0 aromatic carbocycles. The number of thioether (sulfide) groups is 1. The van der Waals surface area contributed by atoms with Crippen molar-refractivity contribution in [2.45, 2.75) is 24.1 Å². The molecule has 82 valence electrons. The van der Waals surface area contributed by atoms with Crippen LogP contribution in [0.5, 0.6) is 0 Å². The Kier molecular flexibility index (Phi) is 2.65. The summed E-state index contributed by atoms with van der Waals surface area (Å²) in [6.45, 7) is 2.18. The summed E-state index contributed by atoms with van der Waals surface area (Å²) in [5, 5.41) is 9.25. The van der Waals surface area contributed by atoms with Crippen molar-refractivity contribution in [1.29, 1.82) is 5.26 Å². The van der Waals surface area contributed by atoms with Gasteiger partial charge in [0.05, 0.1) is 18.6 Å². The molecule has 0 radical (unpaired) electrons. The van der Waals surface area contributed by atoms with Crippen LogP contribution in [0.2, 0.25) is 0 Å². The average molecular weight is 226 g/mol. The molecule has 0 unspecified atom stereocenters. The number of esters is 1. The van der Waals surface area contributed by atoms with Crippen LogP contribution in [0.15, 0.2) is 0 Å². The first-order chi connectivity index (χ1) is 7.14. The number of carbonyl (C=O) groups is 1. The molecule has 4 atom stereocenters. The minimum atomic E-state index is -0.812. The lowest BCUT2D eigenvalue weighted by Crippen LogP contribution is -2.44. The lowest BCUT2D eigenvalue weighted by Gasteiger charge is -2.24. The molecular weight excluding hydrogens is 212 g/mol. The molecular formula is C10H14N2O2S. The number of hydrogen-bond acceptors (Lipinski definition) is 5. The second-order valence-electron chi connectivity index (χ2n) is 4.04. The minimum Gasteiger partial charge on any atom is -0.466 e. The fraction of sp³-hybridized carbons (Fsp3) is 0.800. The van der Waals surface area contributed by atoms with E-state index in [2.05, 4.69) is 6.07 Å². The zero-order valence-electron chi connectivity index (χ0n) is 8.60. The number of carbonyl (C=O) groups excluding carboxylic acids is 1. The van der Waals surface area contributed by atoms with Crippen LogP contribution in [-0.2, 0) is 9.53 Å². The molecule has 2 rings (SSSR count). The van der Waals surface area contributed by atoms with Gasteiger partial charge in [0, 0.05) is 11.2 Å². The fourth-order valence-corrected chi connectivity index (χ4v) is 4.03. The van der Waals surface area contributed by atoms with Crippen LogP contribution in [-0.4, -0.2) is 29.1 Å². The first kappa shape index (κ1) is 10.8. The second-order valence-corrected chi connectivity index (χ2v) is 5.33. The second kappa shape index (κ2) is 3.69. The third kappa shape index (κ3) is 1.62. The van der Waals surface area contributed by atoms with E-state index in [9.17, 15) is 4.79 Å². The molecule has 0 aromatic rings. The zero-order valence-corrected chi connectivity index (χ0v) is 9.42. The van der Waals surface area contributed by atoms with Crippen LogP contribution < -0.4 is 5.73 Å². The predicted molar refractivity (Wildman–Crippen MR) is 57.0 cm³/mol. The van der Waals surface area contributed by atoms with Gasteiger partial charge in [0.15, 0.2) is 0 Å². The van der Waals surface area contributed by atoms with Crippen LogP contribution in [0.25, 0.3) is 0 Å². The van der Waals surface area contributed by atoms with Crippen LogP contribution in [0.3, 0.4) is 0 Å². The molecule has 2 aliphatic rings. The van der Waals surface area contributed by atoms with Crippen LogP contribution in [0.4, 0.5) is 0 Å². The van der Waals surface area contributed by atoms with Gasteiger partial charge < -0.3 is 10.5 Å². The summed E-state index contributed by atoms with van der Waals surface area (Å²) in [7, 11) is 0. The fourth-order valence-electron chi connectivity index (χ4n) is 2.28. The van der Waals surface area contributed by atoms with E-state index in [-0.39, 0.29) is 23.1 Å². The van der Waals surface area contributed by atoms with Gasteiger partial charge in [0.25, 0.3) is 0 Å². The minimum absolute atomic E-state index is 0.000278. The van der Waals surface area contributed by atoms with Crippen LogP contribution >= 0.6 is 11.8 Å². The number of rotatable bonds is 2. The van der Waals surface area contributed by atoms with E-state index in [1.54, 1.807) is 18.7 Å². The molecule has 0 spiro atoms. The maximum atomic E-state index is 11.6. The summed E-state index contributed by atoms with van der Waals surface area (Å²) in [6.07, 6.45) is 0.672. The molecule has 1 heterocycles. The zero-order chi connectivity index (χ0) is 11.1. The summed E-state index contributed by atoms with van der Waals surface area (Å²) in [6, 6.07) is 2.16. The highest BCUT2D eigenvalue weighted by atomic mass is 32.2. The van der Waals surface area contributed by atoms with Crippen molar-refractivity contribution in [2.75, 3.05) is 12.4 Å². The Morgan fingerprint density at radius 1 is 1.80 bits per heavy atom. The van der Waals surface area contributed by atoms with E-state index in [1.165, 1.54) is 0 Å². The van der Waals surface area contributed by atoms with E-state index in [4.69, 9.17) is 15.7 Å². The molecule has 2 N–H and O–H groups in total. The molecule has 1 saturated carbocycles. The van der Waals surface area contributed by atoms with Gasteiger partial charge in [-0.3, -0.25) is 4.79 Å². The molecule has 1 aliphatic heterocycles. The third-order valence-corrected chi connectivity index (χ3v) is 4.55. The highest BCUT2D eigenvalue weighted by Crippen LogP contribution is 2.58. The van der Waals surface area contributed by atoms with Crippen molar-refractivity contribution >= 4 is 17.7 Å². The van der Waals surface area contributed by atoms with Gasteiger partial charge in [-0.25, -0.2) is 0 Å². The average Bonchev–Trinajstić information content (AvgIpc) is 2.94. The van der Waals surface area contributed by atoms with Gasteiger partial charge in [0.2, 0.25) is 0 Å². The Morgan fingerprint density at radius 2 is 2.53 bits per heavy atom. The Morgan fingerprint density at radius 3 is 3.13 bits per heavy atom. The molecule has 1 saturated heterocycles. The monoisotopic (exact) mass is 226 g/mol. The molecule has 5 heteroatoms. The van der Waals surface area contributed by atoms with E-state index in [0.29, 0.717) is 13.0 Å². The van der Waals surface area contributed by atoms with Crippen LogP contribution in [0, 0.1) is 23.2 Å². The Hall–Kier alpha value is -0.730. The summed E-state index contributed by atoms with van der Waals surface area (Å²) in [5.41, 5.74) is 5.17. The number of hydrogen-bond donors (Lipinski definition) is 1. The standard InChI is InChI=1S/C10H14N2O2S/c1-2-14-9(13)6-7-8(6)15-4-3-10(7,12)5-11/h6-8H,2-4,12H2,1H3/t6-,7-,8+,10-/m1/s1. The van der Waals surface area contributed by atoms with Crippen molar-refractivity contribution in [3.63, 3.8) is 0 Å². The largest absolute Gasteiger partial charge is 0.466 e. The summed E-state index contributed by atoms with van der Waals surface area (Å²) in [5.74, 6) is 0.524. The maximum absolute atomic E-state index is 11.6. The molecule has 1 aliphatic carbocycles. The Bertz CT molecular complexity index is 328. The third-order valence-electron chi connectivity index (χ3n) is 3.14. The first-order valence-corrected chi connectivity index (χ1v) is 6.17. The SMILES string of the molecule is CCOC(=O)[C@H]1[C@@H]2SCC[C@@](N)(C#N)[C@@H]21. The van der Waals surface area contributed by atoms with Crippen molar-refractivity contribution in [3.05, 3.63) is 0 Å². The quantitative estimate of drug-likeness (QED) is 0.695. The van der Waals surface area contributed by atoms with E-state index in [0.717, 1.165) is 5.75 Å². The van der Waals surface area contributed by atoms with Crippen LogP contribution in [0.1, 0.15) is 13.3 Å². The molecule has 15 heavy (non-hydrogen) atoms. The molecule has 0 bridgehead atoms.